The second kappa shape index (κ2) is 8.11. The predicted octanol–water partition coefficient (Wildman–Crippen LogP) is 4.40. The fourth-order valence-electron chi connectivity index (χ4n) is 2.60. The summed E-state index contributed by atoms with van der Waals surface area (Å²) in [6, 6.07) is 13.2. The first-order valence-electron chi connectivity index (χ1n) is 7.92. The topological polar surface area (TPSA) is 77.8 Å². The highest BCUT2D eigenvalue weighted by atomic mass is 32.2. The Balaban J connectivity index is 2.31. The van der Waals surface area contributed by atoms with Crippen molar-refractivity contribution in [3.05, 3.63) is 54.1 Å². The molecular formula is C19H22O4S. The lowest BCUT2D eigenvalue weighted by Crippen LogP contribution is -2.38. The molecule has 24 heavy (non-hydrogen) atoms. The molecule has 0 aliphatic carbocycles. The van der Waals surface area contributed by atoms with Gasteiger partial charge in [0.25, 0.3) is 0 Å². The van der Waals surface area contributed by atoms with Crippen LogP contribution in [0.2, 0.25) is 0 Å². The minimum Gasteiger partial charge on any atom is -0.508 e. The summed E-state index contributed by atoms with van der Waals surface area (Å²) in [6.45, 7) is 2.04. The number of rotatable bonds is 8. The van der Waals surface area contributed by atoms with Gasteiger partial charge in [-0.1, -0.05) is 31.9 Å². The Bertz CT molecular complexity index is 667. The lowest BCUT2D eigenvalue weighted by molar-refractivity contribution is -0.143. The molecule has 3 N–H and O–H groups in total. The van der Waals surface area contributed by atoms with Gasteiger partial charge in [0.05, 0.1) is 0 Å². The summed E-state index contributed by atoms with van der Waals surface area (Å²) in [7, 11) is 0. The Hall–Kier alpha value is -2.14. The largest absolute Gasteiger partial charge is 0.508 e. The Morgan fingerprint density at radius 3 is 2.04 bits per heavy atom. The van der Waals surface area contributed by atoms with E-state index in [1.54, 1.807) is 36.4 Å². The van der Waals surface area contributed by atoms with Crippen molar-refractivity contribution in [2.75, 3.05) is 5.75 Å². The first-order valence-corrected chi connectivity index (χ1v) is 8.91. The van der Waals surface area contributed by atoms with Crippen molar-refractivity contribution in [1.82, 2.24) is 0 Å². The minimum absolute atomic E-state index is 0.125. The number of aliphatic carboxylic acids is 1. The Kier molecular flexibility index (Phi) is 6.15. The standard InChI is InChI=1S/C19H22O4S/c1-2-3-12-19(18(22)23,14-4-6-15(20)7-5-14)13-24-17-10-8-16(21)9-11-17/h4-11,20-21H,2-3,12-13H2,1H3,(H,22,23). The third-order valence-corrected chi connectivity index (χ3v) is 5.35. The Morgan fingerprint density at radius 2 is 1.54 bits per heavy atom. The van der Waals surface area contributed by atoms with Crippen molar-refractivity contribution in [2.45, 2.75) is 36.5 Å². The zero-order valence-corrected chi connectivity index (χ0v) is 14.4. The van der Waals surface area contributed by atoms with E-state index in [9.17, 15) is 20.1 Å². The predicted molar refractivity (Wildman–Crippen MR) is 95.8 cm³/mol. The smallest absolute Gasteiger partial charge is 0.314 e. The molecule has 1 atom stereocenters. The number of unbranched alkanes of at least 4 members (excludes halogenated alkanes) is 1. The average Bonchev–Trinajstić information content (AvgIpc) is 2.57. The molecule has 2 aromatic rings. The molecule has 4 nitrogen and oxygen atoms in total. The molecule has 128 valence electrons. The number of phenolic OH excluding ortho intramolecular Hbond substituents is 2. The summed E-state index contributed by atoms with van der Waals surface area (Å²) in [6.07, 6.45) is 2.26. The van der Waals surface area contributed by atoms with Gasteiger partial charge in [0.2, 0.25) is 0 Å². The fourth-order valence-corrected chi connectivity index (χ4v) is 3.78. The highest BCUT2D eigenvalue weighted by molar-refractivity contribution is 7.99. The van der Waals surface area contributed by atoms with Crippen LogP contribution in [0.15, 0.2) is 53.4 Å². The van der Waals surface area contributed by atoms with Gasteiger partial charge in [0.1, 0.15) is 16.9 Å². The maximum Gasteiger partial charge on any atom is 0.314 e. The second-order valence-corrected chi connectivity index (χ2v) is 6.87. The van der Waals surface area contributed by atoms with E-state index in [1.807, 2.05) is 6.92 Å². The number of hydrogen-bond donors (Lipinski definition) is 3. The van der Waals surface area contributed by atoms with Gasteiger partial charge < -0.3 is 15.3 Å². The number of aromatic hydroxyl groups is 2. The Morgan fingerprint density at radius 1 is 1.00 bits per heavy atom. The molecule has 0 saturated carbocycles. The van der Waals surface area contributed by atoms with Gasteiger partial charge in [-0.25, -0.2) is 0 Å². The summed E-state index contributed by atoms with van der Waals surface area (Å²) >= 11 is 1.46. The fraction of sp³-hybridized carbons (Fsp3) is 0.316. The zero-order valence-electron chi connectivity index (χ0n) is 13.6. The highest BCUT2D eigenvalue weighted by Crippen LogP contribution is 2.37. The second-order valence-electron chi connectivity index (χ2n) is 5.82. The number of phenols is 2. The van der Waals surface area contributed by atoms with E-state index in [0.29, 0.717) is 17.7 Å². The molecule has 2 rings (SSSR count). The number of carbonyl (C=O) groups is 1. The van der Waals surface area contributed by atoms with Crippen LogP contribution >= 0.6 is 11.8 Å². The van der Waals surface area contributed by atoms with Crippen LogP contribution in [0.3, 0.4) is 0 Å². The molecule has 0 saturated heterocycles. The quantitative estimate of drug-likeness (QED) is 0.617. The van der Waals surface area contributed by atoms with Crippen LogP contribution in [0.4, 0.5) is 0 Å². The maximum absolute atomic E-state index is 12.2. The summed E-state index contributed by atoms with van der Waals surface area (Å²) in [5.74, 6) is -0.154. The molecule has 0 radical (unpaired) electrons. The molecule has 0 bridgehead atoms. The van der Waals surface area contributed by atoms with Crippen molar-refractivity contribution in [1.29, 1.82) is 0 Å². The van der Waals surface area contributed by atoms with Crippen LogP contribution in [0.25, 0.3) is 0 Å². The van der Waals surface area contributed by atoms with Crippen molar-refractivity contribution >= 4 is 17.7 Å². The van der Waals surface area contributed by atoms with E-state index >= 15 is 0 Å². The molecule has 0 amide bonds. The number of thioether (sulfide) groups is 1. The lowest BCUT2D eigenvalue weighted by atomic mass is 9.78. The van der Waals surface area contributed by atoms with Gasteiger partial charge in [0, 0.05) is 10.6 Å². The summed E-state index contributed by atoms with van der Waals surface area (Å²) in [4.78, 5) is 13.1. The number of hydrogen-bond acceptors (Lipinski definition) is 4. The highest BCUT2D eigenvalue weighted by Gasteiger charge is 2.39. The molecule has 0 aliphatic heterocycles. The minimum atomic E-state index is -1.01. The molecule has 0 aromatic heterocycles. The van der Waals surface area contributed by atoms with Gasteiger partial charge in [-0.15, -0.1) is 11.8 Å². The van der Waals surface area contributed by atoms with Crippen LogP contribution in [-0.2, 0) is 10.2 Å². The average molecular weight is 346 g/mol. The summed E-state index contributed by atoms with van der Waals surface area (Å²) < 4.78 is 0. The van der Waals surface area contributed by atoms with Crippen molar-refractivity contribution in [2.24, 2.45) is 0 Å². The van der Waals surface area contributed by atoms with Crippen molar-refractivity contribution < 1.29 is 20.1 Å². The molecule has 0 heterocycles. The summed E-state index contributed by atoms with van der Waals surface area (Å²) in [5, 5.41) is 28.8. The van der Waals surface area contributed by atoms with E-state index in [0.717, 1.165) is 17.7 Å². The molecule has 0 aliphatic rings. The Labute approximate surface area is 146 Å². The third kappa shape index (κ3) is 4.23. The molecule has 1 unspecified atom stereocenters. The van der Waals surface area contributed by atoms with Crippen molar-refractivity contribution in [3.8, 4) is 11.5 Å². The number of carboxylic acid groups (broad SMARTS) is 1. The normalized spacial score (nSPS) is 13.4. The molecule has 0 fully saturated rings. The first kappa shape index (κ1) is 18.2. The van der Waals surface area contributed by atoms with E-state index < -0.39 is 11.4 Å². The molecule has 5 heteroatoms. The molecule has 0 spiro atoms. The lowest BCUT2D eigenvalue weighted by Gasteiger charge is -2.30. The van der Waals surface area contributed by atoms with Gasteiger partial charge in [-0.2, -0.15) is 0 Å². The van der Waals surface area contributed by atoms with Crippen LogP contribution in [0.5, 0.6) is 11.5 Å². The van der Waals surface area contributed by atoms with E-state index in [1.165, 1.54) is 23.9 Å². The monoisotopic (exact) mass is 346 g/mol. The van der Waals surface area contributed by atoms with Gasteiger partial charge in [-0.05, 0) is 48.4 Å². The first-order chi connectivity index (χ1) is 11.5. The van der Waals surface area contributed by atoms with E-state index in [-0.39, 0.29) is 11.5 Å². The van der Waals surface area contributed by atoms with Gasteiger partial charge in [-0.3, -0.25) is 4.79 Å². The van der Waals surface area contributed by atoms with Crippen LogP contribution < -0.4 is 0 Å². The third-order valence-electron chi connectivity index (χ3n) is 4.11. The summed E-state index contributed by atoms with van der Waals surface area (Å²) in [5.41, 5.74) is -0.306. The number of carboxylic acids is 1. The molecule has 2 aromatic carbocycles. The van der Waals surface area contributed by atoms with Gasteiger partial charge in [0.15, 0.2) is 0 Å². The van der Waals surface area contributed by atoms with Crippen molar-refractivity contribution in [3.63, 3.8) is 0 Å². The SMILES string of the molecule is CCCCC(CSc1ccc(O)cc1)(C(=O)O)c1ccc(O)cc1. The maximum atomic E-state index is 12.2. The zero-order chi connectivity index (χ0) is 17.6. The van der Waals surface area contributed by atoms with Crippen LogP contribution in [0, 0.1) is 0 Å². The van der Waals surface area contributed by atoms with Crippen LogP contribution in [-0.4, -0.2) is 27.0 Å². The number of benzene rings is 2. The van der Waals surface area contributed by atoms with E-state index in [2.05, 4.69) is 0 Å². The van der Waals surface area contributed by atoms with Crippen LogP contribution in [0.1, 0.15) is 31.7 Å². The van der Waals surface area contributed by atoms with Gasteiger partial charge >= 0.3 is 5.97 Å². The molecular weight excluding hydrogens is 324 g/mol. The van der Waals surface area contributed by atoms with E-state index in [4.69, 9.17) is 0 Å².